The minimum atomic E-state index is -0.309. The SMILES string of the molecule is Cc1ccc(-c2noc(CCC(=O)N3CCC(c4nc(C5CC5)n[nH]4)CC3)n2)cc1F. The zero-order valence-electron chi connectivity index (χ0n) is 17.5. The van der Waals surface area contributed by atoms with Crippen LogP contribution in [-0.2, 0) is 11.2 Å². The molecule has 3 aromatic rings. The lowest BCUT2D eigenvalue weighted by Gasteiger charge is -2.31. The predicted octanol–water partition coefficient (Wildman–Crippen LogP) is 3.52. The number of hydrogen-bond acceptors (Lipinski definition) is 6. The van der Waals surface area contributed by atoms with Gasteiger partial charge in [0.1, 0.15) is 11.6 Å². The van der Waals surface area contributed by atoms with Crippen LogP contribution < -0.4 is 0 Å². The third-order valence-electron chi connectivity index (χ3n) is 6.15. The van der Waals surface area contributed by atoms with Crippen LogP contribution in [-0.4, -0.2) is 49.2 Å². The Morgan fingerprint density at radius 1 is 1.19 bits per heavy atom. The van der Waals surface area contributed by atoms with Crippen LogP contribution in [0.4, 0.5) is 4.39 Å². The Bertz CT molecular complexity index is 1080. The number of rotatable bonds is 6. The second kappa shape index (κ2) is 8.20. The number of benzene rings is 1. The van der Waals surface area contributed by atoms with Gasteiger partial charge in [0.15, 0.2) is 5.82 Å². The third kappa shape index (κ3) is 4.35. The molecule has 3 heterocycles. The maximum Gasteiger partial charge on any atom is 0.227 e. The standard InChI is InChI=1S/C22H25FN6O2/c1-13-2-3-16(12-17(13)23)22-24-18(31-28-22)6-7-19(30)29-10-8-15(9-11-29)21-25-20(26-27-21)14-4-5-14/h2-3,12,14-15H,4-11H2,1H3,(H,25,26,27). The average Bonchev–Trinajstić information content (AvgIpc) is 3.32. The number of carbonyl (C=O) groups excluding carboxylic acids is 1. The number of piperidine rings is 1. The van der Waals surface area contributed by atoms with Crippen molar-refractivity contribution < 1.29 is 13.7 Å². The number of nitrogens with zero attached hydrogens (tertiary/aromatic N) is 5. The lowest BCUT2D eigenvalue weighted by molar-refractivity contribution is -0.132. The van der Waals surface area contributed by atoms with Crippen molar-refractivity contribution in [1.29, 1.82) is 0 Å². The number of amides is 1. The number of halogens is 1. The van der Waals surface area contributed by atoms with Gasteiger partial charge in [-0.05, 0) is 44.2 Å². The molecule has 1 N–H and O–H groups in total. The van der Waals surface area contributed by atoms with E-state index in [9.17, 15) is 9.18 Å². The molecular weight excluding hydrogens is 399 g/mol. The molecule has 1 amide bonds. The summed E-state index contributed by atoms with van der Waals surface area (Å²) in [5.74, 6) is 3.26. The Balaban J connectivity index is 1.12. The van der Waals surface area contributed by atoms with Crippen LogP contribution in [0.2, 0.25) is 0 Å². The van der Waals surface area contributed by atoms with Gasteiger partial charge in [0.2, 0.25) is 17.6 Å². The molecule has 2 fully saturated rings. The maximum atomic E-state index is 13.8. The lowest BCUT2D eigenvalue weighted by atomic mass is 9.96. The number of H-pyrrole nitrogens is 1. The minimum Gasteiger partial charge on any atom is -0.343 e. The van der Waals surface area contributed by atoms with E-state index >= 15 is 0 Å². The molecule has 31 heavy (non-hydrogen) atoms. The van der Waals surface area contributed by atoms with Crippen LogP contribution in [0.3, 0.4) is 0 Å². The second-order valence-corrected chi connectivity index (χ2v) is 8.48. The van der Waals surface area contributed by atoms with E-state index in [1.165, 1.54) is 18.9 Å². The van der Waals surface area contributed by atoms with Crippen LogP contribution >= 0.6 is 0 Å². The van der Waals surface area contributed by atoms with Crippen molar-refractivity contribution >= 4 is 5.91 Å². The van der Waals surface area contributed by atoms with Crippen molar-refractivity contribution in [2.75, 3.05) is 13.1 Å². The Morgan fingerprint density at radius 3 is 2.74 bits per heavy atom. The van der Waals surface area contributed by atoms with Gasteiger partial charge in [-0.25, -0.2) is 9.37 Å². The van der Waals surface area contributed by atoms with E-state index in [4.69, 9.17) is 4.52 Å². The third-order valence-corrected chi connectivity index (χ3v) is 6.15. The smallest absolute Gasteiger partial charge is 0.227 e. The summed E-state index contributed by atoms with van der Waals surface area (Å²) < 4.78 is 19.0. The van der Waals surface area contributed by atoms with E-state index in [0.717, 1.165) is 24.5 Å². The van der Waals surface area contributed by atoms with Gasteiger partial charge in [0.05, 0.1) is 0 Å². The van der Waals surface area contributed by atoms with E-state index in [1.54, 1.807) is 19.1 Å². The van der Waals surface area contributed by atoms with Crippen molar-refractivity contribution in [2.45, 2.75) is 57.3 Å². The van der Waals surface area contributed by atoms with Crippen molar-refractivity contribution in [1.82, 2.24) is 30.2 Å². The molecule has 1 aliphatic carbocycles. The molecule has 8 nitrogen and oxygen atoms in total. The van der Waals surface area contributed by atoms with Crippen molar-refractivity contribution in [3.8, 4) is 11.4 Å². The molecule has 2 aliphatic rings. The Hall–Kier alpha value is -3.10. The fourth-order valence-electron chi connectivity index (χ4n) is 3.97. The average molecular weight is 424 g/mol. The number of aryl methyl sites for hydroxylation is 2. The fraction of sp³-hybridized carbons (Fsp3) is 0.500. The maximum absolute atomic E-state index is 13.8. The zero-order chi connectivity index (χ0) is 21.4. The number of hydrogen-bond donors (Lipinski definition) is 1. The number of carbonyl (C=O) groups is 1. The molecule has 0 atom stereocenters. The lowest BCUT2D eigenvalue weighted by Crippen LogP contribution is -2.38. The number of aromatic nitrogens is 5. The predicted molar refractivity (Wildman–Crippen MR) is 110 cm³/mol. The summed E-state index contributed by atoms with van der Waals surface area (Å²) in [7, 11) is 0. The molecular formula is C22H25FN6O2. The van der Waals surface area contributed by atoms with Crippen LogP contribution in [0.25, 0.3) is 11.4 Å². The zero-order valence-corrected chi connectivity index (χ0v) is 17.5. The highest BCUT2D eigenvalue weighted by Gasteiger charge is 2.30. The molecule has 1 saturated heterocycles. The molecule has 2 aromatic heterocycles. The summed E-state index contributed by atoms with van der Waals surface area (Å²) in [5.41, 5.74) is 1.12. The van der Waals surface area contributed by atoms with Crippen molar-refractivity contribution in [2.24, 2.45) is 0 Å². The van der Waals surface area contributed by atoms with Crippen LogP contribution in [0.15, 0.2) is 22.7 Å². The van der Waals surface area contributed by atoms with E-state index in [-0.39, 0.29) is 11.7 Å². The van der Waals surface area contributed by atoms with Crippen molar-refractivity contribution in [3.63, 3.8) is 0 Å². The van der Waals surface area contributed by atoms with Crippen LogP contribution in [0.1, 0.15) is 67.0 Å². The van der Waals surface area contributed by atoms with E-state index in [2.05, 4.69) is 25.3 Å². The van der Waals surface area contributed by atoms with Gasteiger partial charge in [0.25, 0.3) is 0 Å². The summed E-state index contributed by atoms with van der Waals surface area (Å²) in [6.45, 7) is 3.12. The minimum absolute atomic E-state index is 0.0795. The molecule has 0 bridgehead atoms. The van der Waals surface area contributed by atoms with E-state index in [0.29, 0.717) is 60.6 Å². The molecule has 0 spiro atoms. The Labute approximate surface area is 179 Å². The number of aromatic amines is 1. The first-order valence-electron chi connectivity index (χ1n) is 10.9. The fourth-order valence-corrected chi connectivity index (χ4v) is 3.97. The first-order valence-corrected chi connectivity index (χ1v) is 10.9. The monoisotopic (exact) mass is 424 g/mol. The summed E-state index contributed by atoms with van der Waals surface area (Å²) >= 11 is 0. The van der Waals surface area contributed by atoms with Gasteiger partial charge in [-0.2, -0.15) is 10.1 Å². The molecule has 9 heteroatoms. The highest BCUT2D eigenvalue weighted by Crippen LogP contribution is 2.38. The molecule has 1 saturated carbocycles. The van der Waals surface area contributed by atoms with Crippen LogP contribution in [0.5, 0.6) is 0 Å². The molecule has 5 rings (SSSR count). The summed E-state index contributed by atoms with van der Waals surface area (Å²) in [6, 6.07) is 4.82. The number of nitrogens with one attached hydrogen (secondary N) is 1. The first kappa shape index (κ1) is 19.8. The van der Waals surface area contributed by atoms with E-state index < -0.39 is 0 Å². The summed E-state index contributed by atoms with van der Waals surface area (Å²) in [6.07, 6.45) is 4.82. The molecule has 0 radical (unpaired) electrons. The quantitative estimate of drug-likeness (QED) is 0.650. The summed E-state index contributed by atoms with van der Waals surface area (Å²) in [4.78, 5) is 23.5. The molecule has 1 aliphatic heterocycles. The normalized spacial score (nSPS) is 17.3. The topological polar surface area (TPSA) is 101 Å². The van der Waals surface area contributed by atoms with E-state index in [1.807, 2.05) is 4.90 Å². The van der Waals surface area contributed by atoms with Crippen molar-refractivity contribution in [3.05, 3.63) is 47.1 Å². The number of likely N-dealkylation sites (tertiary alicyclic amines) is 1. The highest BCUT2D eigenvalue weighted by atomic mass is 19.1. The van der Waals surface area contributed by atoms with Gasteiger partial charge >= 0.3 is 0 Å². The van der Waals surface area contributed by atoms with Gasteiger partial charge in [-0.1, -0.05) is 17.3 Å². The van der Waals surface area contributed by atoms with Gasteiger partial charge in [0, 0.05) is 43.3 Å². The first-order chi connectivity index (χ1) is 15.1. The largest absolute Gasteiger partial charge is 0.343 e. The van der Waals surface area contributed by atoms with Gasteiger partial charge < -0.3 is 9.42 Å². The van der Waals surface area contributed by atoms with Crippen LogP contribution in [0, 0.1) is 12.7 Å². The Morgan fingerprint density at radius 2 is 2.00 bits per heavy atom. The molecule has 0 unspecified atom stereocenters. The highest BCUT2D eigenvalue weighted by molar-refractivity contribution is 5.76. The van der Waals surface area contributed by atoms with Gasteiger partial charge in [-0.15, -0.1) is 0 Å². The molecule has 162 valence electrons. The molecule has 1 aromatic carbocycles. The Kier molecular flexibility index (Phi) is 5.25. The summed E-state index contributed by atoms with van der Waals surface area (Å²) in [5, 5.41) is 11.4. The second-order valence-electron chi connectivity index (χ2n) is 8.48. The van der Waals surface area contributed by atoms with Gasteiger partial charge in [-0.3, -0.25) is 9.89 Å².